The van der Waals surface area contributed by atoms with E-state index in [0.717, 1.165) is 4.88 Å². The average Bonchev–Trinajstić information content (AvgIpc) is 2.82. The zero-order valence-electron chi connectivity index (χ0n) is 9.10. The van der Waals surface area contributed by atoms with E-state index in [9.17, 15) is 4.79 Å². The molecule has 84 valence electrons. The molecule has 0 saturated carbocycles. The fourth-order valence-electron chi connectivity index (χ4n) is 1.39. The van der Waals surface area contributed by atoms with Crippen molar-refractivity contribution in [1.82, 2.24) is 10.2 Å². The van der Waals surface area contributed by atoms with Crippen molar-refractivity contribution >= 4 is 23.5 Å². The lowest BCUT2D eigenvalue weighted by Gasteiger charge is -1.99. The molecule has 0 aromatic carbocycles. The van der Waals surface area contributed by atoms with Crippen LogP contribution in [0.3, 0.4) is 0 Å². The van der Waals surface area contributed by atoms with Crippen LogP contribution in [0.2, 0.25) is 0 Å². The highest BCUT2D eigenvalue weighted by molar-refractivity contribution is 7.10. The van der Waals surface area contributed by atoms with Gasteiger partial charge in [-0.25, -0.2) is 5.10 Å². The predicted molar refractivity (Wildman–Crippen MR) is 67.6 cm³/mol. The molecule has 0 radical (unpaired) electrons. The number of H-pyrrole nitrogens is 1. The van der Waals surface area contributed by atoms with Crippen molar-refractivity contribution in [3.05, 3.63) is 49.6 Å². The second-order valence-electron chi connectivity index (χ2n) is 3.40. The van der Waals surface area contributed by atoms with Crippen LogP contribution in [0.1, 0.15) is 21.7 Å². The predicted octanol–water partition coefficient (Wildman–Crippen LogP) is 2.18. The molecule has 17 heavy (non-hydrogen) atoms. The fourth-order valence-corrected chi connectivity index (χ4v) is 2.01. The Balaban J connectivity index is 2.42. The van der Waals surface area contributed by atoms with E-state index in [0.29, 0.717) is 11.3 Å². The molecule has 2 aromatic rings. The maximum atomic E-state index is 11.3. The Bertz CT molecular complexity index is 647. The number of thiophene rings is 1. The van der Waals surface area contributed by atoms with Crippen molar-refractivity contribution in [3.8, 4) is 6.07 Å². The lowest BCUT2D eigenvalue weighted by molar-refractivity contribution is 0.953. The van der Waals surface area contributed by atoms with Crippen LogP contribution in [0, 0.1) is 18.3 Å². The molecular weight excluding hydrogens is 234 g/mol. The van der Waals surface area contributed by atoms with Crippen LogP contribution in [0.25, 0.3) is 12.2 Å². The van der Waals surface area contributed by atoms with E-state index in [1.807, 2.05) is 29.7 Å². The molecular formula is C12H9N3OS. The first-order chi connectivity index (χ1) is 8.22. The summed E-state index contributed by atoms with van der Waals surface area (Å²) in [5.41, 5.74) is 0.878. The Morgan fingerprint density at radius 3 is 3.00 bits per heavy atom. The van der Waals surface area contributed by atoms with Crippen LogP contribution in [-0.4, -0.2) is 10.2 Å². The largest absolute Gasteiger partial charge is 0.282 e. The van der Waals surface area contributed by atoms with E-state index in [-0.39, 0.29) is 5.56 Å². The zero-order valence-corrected chi connectivity index (χ0v) is 9.91. The molecule has 0 saturated heterocycles. The molecule has 1 N–H and O–H groups in total. The molecule has 4 nitrogen and oxygen atoms in total. The number of hydrogen-bond acceptors (Lipinski definition) is 4. The third-order valence-corrected chi connectivity index (χ3v) is 3.16. The van der Waals surface area contributed by atoms with Gasteiger partial charge in [0.05, 0.1) is 5.69 Å². The maximum Gasteiger partial charge on any atom is 0.282 e. The van der Waals surface area contributed by atoms with Gasteiger partial charge in [0.25, 0.3) is 5.56 Å². The zero-order chi connectivity index (χ0) is 12.3. The van der Waals surface area contributed by atoms with Gasteiger partial charge in [0.15, 0.2) is 0 Å². The normalized spacial score (nSPS) is 10.6. The van der Waals surface area contributed by atoms with Gasteiger partial charge in [0, 0.05) is 4.88 Å². The van der Waals surface area contributed by atoms with Gasteiger partial charge in [-0.15, -0.1) is 11.3 Å². The molecule has 0 aliphatic heterocycles. The molecule has 0 spiro atoms. The molecule has 5 heteroatoms. The Morgan fingerprint density at radius 1 is 1.53 bits per heavy atom. The van der Waals surface area contributed by atoms with E-state index in [4.69, 9.17) is 5.26 Å². The Labute approximate surface area is 102 Å². The lowest BCUT2D eigenvalue weighted by Crippen LogP contribution is -2.15. The number of aromatic amines is 1. The van der Waals surface area contributed by atoms with Crippen LogP contribution < -0.4 is 5.56 Å². The van der Waals surface area contributed by atoms with E-state index in [1.54, 1.807) is 24.3 Å². The van der Waals surface area contributed by atoms with Crippen LogP contribution in [0.4, 0.5) is 0 Å². The van der Waals surface area contributed by atoms with Crippen LogP contribution in [0.5, 0.6) is 0 Å². The average molecular weight is 243 g/mol. The minimum atomic E-state index is -0.446. The highest BCUT2D eigenvalue weighted by Gasteiger charge is 2.07. The van der Waals surface area contributed by atoms with Gasteiger partial charge < -0.3 is 0 Å². The minimum absolute atomic E-state index is 0.117. The molecule has 0 aliphatic rings. The van der Waals surface area contributed by atoms with Crippen LogP contribution in [-0.2, 0) is 0 Å². The summed E-state index contributed by atoms with van der Waals surface area (Å²) in [6.07, 6.45) is 3.69. The van der Waals surface area contributed by atoms with Crippen molar-refractivity contribution in [1.29, 1.82) is 5.26 Å². The van der Waals surface area contributed by atoms with Crippen molar-refractivity contribution in [2.75, 3.05) is 0 Å². The highest BCUT2D eigenvalue weighted by Crippen LogP contribution is 2.14. The number of rotatable bonds is 2. The van der Waals surface area contributed by atoms with E-state index < -0.39 is 5.56 Å². The summed E-state index contributed by atoms with van der Waals surface area (Å²) in [5, 5.41) is 17.1. The molecule has 0 amide bonds. The molecule has 2 rings (SSSR count). The smallest absolute Gasteiger partial charge is 0.267 e. The van der Waals surface area contributed by atoms with Gasteiger partial charge >= 0.3 is 0 Å². The number of hydrogen-bond donors (Lipinski definition) is 1. The standard InChI is InChI=1S/C12H9N3OS/c1-8-10(7-13)12(16)15-14-11(8)5-4-9-3-2-6-17-9/h2-6H,1H3,(H,15,16)/b5-4+. The van der Waals surface area contributed by atoms with Crippen LogP contribution in [0.15, 0.2) is 22.3 Å². The second-order valence-corrected chi connectivity index (χ2v) is 4.38. The Morgan fingerprint density at radius 2 is 2.35 bits per heavy atom. The van der Waals surface area contributed by atoms with Gasteiger partial charge in [-0.3, -0.25) is 4.79 Å². The van der Waals surface area contributed by atoms with E-state index >= 15 is 0 Å². The van der Waals surface area contributed by atoms with Gasteiger partial charge in [0.2, 0.25) is 0 Å². The first-order valence-electron chi connectivity index (χ1n) is 4.93. The fraction of sp³-hybridized carbons (Fsp3) is 0.0833. The Hall–Kier alpha value is -2.19. The Kier molecular flexibility index (Phi) is 3.17. The molecule has 2 heterocycles. The lowest BCUT2D eigenvalue weighted by atomic mass is 10.1. The molecule has 0 atom stereocenters. The van der Waals surface area contributed by atoms with Gasteiger partial charge in [-0.1, -0.05) is 6.07 Å². The summed E-state index contributed by atoms with van der Waals surface area (Å²) < 4.78 is 0. The monoisotopic (exact) mass is 243 g/mol. The number of nitriles is 1. The van der Waals surface area contributed by atoms with Gasteiger partial charge in [0.1, 0.15) is 11.6 Å². The first-order valence-corrected chi connectivity index (χ1v) is 5.81. The molecule has 0 aliphatic carbocycles. The summed E-state index contributed by atoms with van der Waals surface area (Å²) in [6.45, 7) is 1.72. The summed E-state index contributed by atoms with van der Waals surface area (Å²) in [5.74, 6) is 0. The summed E-state index contributed by atoms with van der Waals surface area (Å²) >= 11 is 1.61. The van der Waals surface area contributed by atoms with Crippen molar-refractivity contribution in [2.24, 2.45) is 0 Å². The molecule has 0 fully saturated rings. The van der Waals surface area contributed by atoms with E-state index in [1.165, 1.54) is 0 Å². The summed E-state index contributed by atoms with van der Waals surface area (Å²) in [7, 11) is 0. The second kappa shape index (κ2) is 4.76. The van der Waals surface area contributed by atoms with Gasteiger partial charge in [-0.05, 0) is 36.1 Å². The maximum absolute atomic E-state index is 11.3. The molecule has 2 aromatic heterocycles. The third kappa shape index (κ3) is 2.32. The van der Waals surface area contributed by atoms with Crippen LogP contribution >= 0.6 is 11.3 Å². The van der Waals surface area contributed by atoms with Gasteiger partial charge in [-0.2, -0.15) is 10.4 Å². The van der Waals surface area contributed by atoms with E-state index in [2.05, 4.69) is 10.2 Å². The molecule has 0 unspecified atom stereocenters. The molecule has 0 bridgehead atoms. The summed E-state index contributed by atoms with van der Waals surface area (Å²) in [4.78, 5) is 12.4. The van der Waals surface area contributed by atoms with Crippen molar-refractivity contribution in [2.45, 2.75) is 6.92 Å². The number of nitrogens with zero attached hydrogens (tertiary/aromatic N) is 2. The summed E-state index contributed by atoms with van der Waals surface area (Å²) in [6, 6.07) is 5.82. The van der Waals surface area contributed by atoms with Crippen molar-refractivity contribution in [3.63, 3.8) is 0 Å². The highest BCUT2D eigenvalue weighted by atomic mass is 32.1. The number of nitrogens with one attached hydrogen (secondary N) is 1. The topological polar surface area (TPSA) is 69.5 Å². The third-order valence-electron chi connectivity index (χ3n) is 2.32. The minimum Gasteiger partial charge on any atom is -0.267 e. The van der Waals surface area contributed by atoms with Crippen molar-refractivity contribution < 1.29 is 0 Å². The quantitative estimate of drug-likeness (QED) is 0.878. The SMILES string of the molecule is Cc1c(/C=C/c2cccs2)n[nH]c(=O)c1C#N. The number of aromatic nitrogens is 2. The first kappa shape index (κ1) is 11.3.